The first kappa shape index (κ1) is 17.0. The van der Waals surface area contributed by atoms with Crippen molar-refractivity contribution >= 4 is 11.9 Å². The molecule has 0 spiro atoms. The third-order valence-electron chi connectivity index (χ3n) is 5.57. The van der Waals surface area contributed by atoms with Gasteiger partial charge in [0.1, 0.15) is 6.04 Å². The van der Waals surface area contributed by atoms with Crippen LogP contribution < -0.4 is 5.32 Å². The molecule has 1 amide bonds. The van der Waals surface area contributed by atoms with Crippen LogP contribution in [0, 0.1) is 0 Å². The lowest BCUT2D eigenvalue weighted by atomic mass is 9.79. The summed E-state index contributed by atoms with van der Waals surface area (Å²) >= 11 is 0. The number of carbonyl (C=O) groups is 2. The zero-order valence-corrected chi connectivity index (χ0v) is 14.0. The van der Waals surface area contributed by atoms with Crippen molar-refractivity contribution in [2.45, 2.75) is 50.0 Å². The van der Waals surface area contributed by atoms with Gasteiger partial charge in [-0.15, -0.1) is 0 Å². The number of nitrogens with zero attached hydrogens (tertiary/aromatic N) is 1. The summed E-state index contributed by atoms with van der Waals surface area (Å²) in [5, 5.41) is 12.3. The molecule has 1 aliphatic carbocycles. The number of aliphatic carboxylic acids is 1. The minimum absolute atomic E-state index is 0.0358. The molecule has 1 saturated carbocycles. The highest BCUT2D eigenvalue weighted by Gasteiger charge is 2.36. The van der Waals surface area contributed by atoms with Gasteiger partial charge in [-0.2, -0.15) is 0 Å². The van der Waals surface area contributed by atoms with Crippen molar-refractivity contribution in [3.05, 3.63) is 35.9 Å². The predicted molar refractivity (Wildman–Crippen MR) is 91.8 cm³/mol. The van der Waals surface area contributed by atoms with Crippen LogP contribution in [0.5, 0.6) is 0 Å². The first-order valence-corrected chi connectivity index (χ1v) is 8.90. The number of rotatable bonds is 6. The van der Waals surface area contributed by atoms with Gasteiger partial charge < -0.3 is 10.4 Å². The lowest BCUT2D eigenvalue weighted by molar-refractivity contribution is -0.142. The van der Waals surface area contributed by atoms with Gasteiger partial charge in [0, 0.05) is 12.0 Å². The molecule has 1 heterocycles. The Hall–Kier alpha value is -1.88. The molecule has 0 aromatic heterocycles. The molecular formula is C19H26N2O3. The Morgan fingerprint density at radius 1 is 1.17 bits per heavy atom. The Bertz CT molecular complexity index is 582. The molecule has 2 N–H and O–H groups in total. The molecule has 5 heteroatoms. The third-order valence-corrected chi connectivity index (χ3v) is 5.57. The van der Waals surface area contributed by atoms with Crippen molar-refractivity contribution in [1.82, 2.24) is 10.2 Å². The molecule has 24 heavy (non-hydrogen) atoms. The summed E-state index contributed by atoms with van der Waals surface area (Å²) in [5.41, 5.74) is 1.33. The molecule has 130 valence electrons. The minimum atomic E-state index is -0.822. The quantitative estimate of drug-likeness (QED) is 0.839. The van der Waals surface area contributed by atoms with Gasteiger partial charge in [-0.05, 0) is 37.8 Å². The van der Waals surface area contributed by atoms with E-state index in [1.807, 2.05) is 6.07 Å². The average Bonchev–Trinajstić information content (AvgIpc) is 3.24. The molecular weight excluding hydrogens is 304 g/mol. The maximum Gasteiger partial charge on any atom is 0.320 e. The van der Waals surface area contributed by atoms with E-state index in [0.717, 1.165) is 19.3 Å². The number of carboxylic acids is 1. The second-order valence-electron chi connectivity index (χ2n) is 7.10. The van der Waals surface area contributed by atoms with Crippen LogP contribution in [0.3, 0.4) is 0 Å². The van der Waals surface area contributed by atoms with Crippen LogP contribution in [0.2, 0.25) is 0 Å². The first-order chi connectivity index (χ1) is 11.6. The Kier molecular flexibility index (Phi) is 5.19. The Morgan fingerprint density at radius 2 is 1.88 bits per heavy atom. The van der Waals surface area contributed by atoms with Gasteiger partial charge in [0.2, 0.25) is 5.91 Å². The zero-order valence-electron chi connectivity index (χ0n) is 14.0. The standard InChI is InChI=1S/C19H26N2O3/c22-17(13-21-12-6-9-16(21)18(23)24)20-14-19(10-4-5-11-19)15-7-2-1-3-8-15/h1-3,7-8,16H,4-6,9-14H2,(H,20,22)(H,23,24)/t16-/m1/s1. The first-order valence-electron chi connectivity index (χ1n) is 8.90. The van der Waals surface area contributed by atoms with E-state index in [-0.39, 0.29) is 17.9 Å². The number of hydrogen-bond donors (Lipinski definition) is 2. The van der Waals surface area contributed by atoms with Crippen molar-refractivity contribution in [3.63, 3.8) is 0 Å². The second-order valence-corrected chi connectivity index (χ2v) is 7.10. The summed E-state index contributed by atoms with van der Waals surface area (Å²) < 4.78 is 0. The molecule has 0 unspecified atom stereocenters. The van der Waals surface area contributed by atoms with Crippen LogP contribution in [-0.2, 0) is 15.0 Å². The van der Waals surface area contributed by atoms with Gasteiger partial charge in [0.15, 0.2) is 0 Å². The fourth-order valence-corrected chi connectivity index (χ4v) is 4.21. The fraction of sp³-hybridized carbons (Fsp3) is 0.579. The predicted octanol–water partition coefficient (Wildman–Crippen LogP) is 2.16. The molecule has 1 saturated heterocycles. The molecule has 5 nitrogen and oxygen atoms in total. The summed E-state index contributed by atoms with van der Waals surface area (Å²) in [4.78, 5) is 25.4. The number of carbonyl (C=O) groups excluding carboxylic acids is 1. The number of nitrogens with one attached hydrogen (secondary N) is 1. The Balaban J connectivity index is 1.59. The molecule has 0 bridgehead atoms. The van der Waals surface area contributed by atoms with Gasteiger partial charge in [-0.1, -0.05) is 43.2 Å². The molecule has 2 aliphatic rings. The van der Waals surface area contributed by atoms with Crippen LogP contribution in [0.1, 0.15) is 44.1 Å². The van der Waals surface area contributed by atoms with E-state index < -0.39 is 12.0 Å². The molecule has 1 atom stereocenters. The van der Waals surface area contributed by atoms with E-state index in [1.165, 1.54) is 18.4 Å². The number of likely N-dealkylation sites (tertiary alicyclic amines) is 1. The highest BCUT2D eigenvalue weighted by Crippen LogP contribution is 2.40. The van der Waals surface area contributed by atoms with E-state index >= 15 is 0 Å². The van der Waals surface area contributed by atoms with Gasteiger partial charge >= 0.3 is 5.97 Å². The zero-order chi connectivity index (χ0) is 17.0. The van der Waals surface area contributed by atoms with Crippen LogP contribution in [0.15, 0.2) is 30.3 Å². The van der Waals surface area contributed by atoms with E-state index in [9.17, 15) is 14.7 Å². The number of hydrogen-bond acceptors (Lipinski definition) is 3. The van der Waals surface area contributed by atoms with Gasteiger partial charge in [0.05, 0.1) is 6.54 Å². The highest BCUT2D eigenvalue weighted by atomic mass is 16.4. The molecule has 3 rings (SSSR count). The van der Waals surface area contributed by atoms with E-state index in [0.29, 0.717) is 19.5 Å². The van der Waals surface area contributed by atoms with Gasteiger partial charge in [-0.3, -0.25) is 14.5 Å². The minimum Gasteiger partial charge on any atom is -0.480 e. The normalized spacial score (nSPS) is 23.2. The van der Waals surface area contributed by atoms with Crippen molar-refractivity contribution in [1.29, 1.82) is 0 Å². The Morgan fingerprint density at radius 3 is 2.54 bits per heavy atom. The van der Waals surface area contributed by atoms with E-state index in [4.69, 9.17) is 0 Å². The summed E-state index contributed by atoms with van der Waals surface area (Å²) in [6.45, 7) is 1.51. The maximum absolute atomic E-state index is 12.4. The summed E-state index contributed by atoms with van der Waals surface area (Å²) in [6, 6.07) is 9.92. The van der Waals surface area contributed by atoms with Crippen molar-refractivity contribution in [3.8, 4) is 0 Å². The largest absolute Gasteiger partial charge is 0.480 e. The average molecular weight is 330 g/mol. The SMILES string of the molecule is O=C(CN1CCC[C@@H]1C(=O)O)NCC1(c2ccccc2)CCCC1. The van der Waals surface area contributed by atoms with Crippen molar-refractivity contribution in [2.24, 2.45) is 0 Å². The highest BCUT2D eigenvalue weighted by molar-refractivity contribution is 5.80. The molecule has 1 aromatic carbocycles. The van der Waals surface area contributed by atoms with Gasteiger partial charge in [-0.25, -0.2) is 0 Å². The molecule has 2 fully saturated rings. The number of amides is 1. The van der Waals surface area contributed by atoms with Gasteiger partial charge in [0.25, 0.3) is 0 Å². The van der Waals surface area contributed by atoms with Crippen LogP contribution in [0.25, 0.3) is 0 Å². The Labute approximate surface area is 143 Å². The van der Waals surface area contributed by atoms with Crippen molar-refractivity contribution in [2.75, 3.05) is 19.6 Å². The summed E-state index contributed by atoms with van der Waals surface area (Å²) in [5.74, 6) is -0.887. The van der Waals surface area contributed by atoms with Crippen LogP contribution in [0.4, 0.5) is 0 Å². The topological polar surface area (TPSA) is 69.6 Å². The smallest absolute Gasteiger partial charge is 0.320 e. The number of carboxylic acid groups (broad SMARTS) is 1. The summed E-state index contributed by atoms with van der Waals surface area (Å²) in [6.07, 6.45) is 6.06. The van der Waals surface area contributed by atoms with E-state index in [1.54, 1.807) is 4.90 Å². The molecule has 1 aromatic rings. The maximum atomic E-state index is 12.4. The summed E-state index contributed by atoms with van der Waals surface area (Å²) in [7, 11) is 0. The van der Waals surface area contributed by atoms with Crippen LogP contribution in [-0.4, -0.2) is 47.6 Å². The van der Waals surface area contributed by atoms with Crippen molar-refractivity contribution < 1.29 is 14.7 Å². The lowest BCUT2D eigenvalue weighted by Gasteiger charge is -2.30. The van der Waals surface area contributed by atoms with Crippen LogP contribution >= 0.6 is 0 Å². The second kappa shape index (κ2) is 7.34. The third kappa shape index (κ3) is 3.61. The fourth-order valence-electron chi connectivity index (χ4n) is 4.21. The lowest BCUT2D eigenvalue weighted by Crippen LogP contribution is -2.46. The van der Waals surface area contributed by atoms with E-state index in [2.05, 4.69) is 29.6 Å². The number of benzene rings is 1. The molecule has 1 aliphatic heterocycles. The monoisotopic (exact) mass is 330 g/mol. The molecule has 0 radical (unpaired) electrons.